The smallest absolute Gasteiger partial charge is 0.318 e. The highest BCUT2D eigenvalue weighted by atomic mass is 79.9. The summed E-state index contributed by atoms with van der Waals surface area (Å²) in [4.78, 5) is 10.9. The third-order valence-corrected chi connectivity index (χ3v) is 4.58. The Kier molecular flexibility index (Phi) is 3.68. The molecule has 0 aliphatic carbocycles. The fourth-order valence-electron chi connectivity index (χ4n) is 0.885. The molecule has 0 unspecified atom stereocenters. The number of hydrogen-bond acceptors (Lipinski definition) is 4. The van der Waals surface area contributed by atoms with E-state index >= 15 is 0 Å². The van der Waals surface area contributed by atoms with E-state index in [1.54, 1.807) is 12.1 Å². The molecule has 78 valence electrons. The Bertz CT molecular complexity index is 434. The van der Waals surface area contributed by atoms with E-state index in [0.29, 0.717) is 4.88 Å². The first kappa shape index (κ1) is 11.7. The first-order valence-electron chi connectivity index (χ1n) is 3.55. The van der Waals surface area contributed by atoms with Crippen LogP contribution in [0.4, 0.5) is 0 Å². The van der Waals surface area contributed by atoms with E-state index in [9.17, 15) is 13.2 Å². The third-order valence-electron chi connectivity index (χ3n) is 1.33. The molecule has 0 fully saturated rings. The molecule has 0 aliphatic rings. The predicted molar refractivity (Wildman–Crippen MR) is 57.1 cm³/mol. The molecule has 1 aromatic heterocycles. The van der Waals surface area contributed by atoms with Gasteiger partial charge in [-0.25, -0.2) is 8.42 Å². The zero-order valence-corrected chi connectivity index (χ0v) is 10.2. The molecule has 0 radical (unpaired) electrons. The standard InChI is InChI=1S/C7H7BrO4S2/c8-6-2-1-5(13-6)3-14(11,12)4-7(9)10/h1-2H,3-4H2,(H,9,10). The van der Waals surface area contributed by atoms with Crippen LogP contribution in [0.15, 0.2) is 15.9 Å². The SMILES string of the molecule is O=C(O)CS(=O)(=O)Cc1ccc(Br)s1. The monoisotopic (exact) mass is 298 g/mol. The number of hydrogen-bond donors (Lipinski definition) is 1. The van der Waals surface area contributed by atoms with Crippen molar-refractivity contribution in [2.75, 3.05) is 5.75 Å². The van der Waals surface area contributed by atoms with E-state index < -0.39 is 21.6 Å². The molecule has 7 heteroatoms. The van der Waals surface area contributed by atoms with Gasteiger partial charge in [0, 0.05) is 4.88 Å². The van der Waals surface area contributed by atoms with Crippen LogP contribution in [0, 0.1) is 0 Å². The topological polar surface area (TPSA) is 71.4 Å². The summed E-state index contributed by atoms with van der Waals surface area (Å²) < 4.78 is 23.3. The van der Waals surface area contributed by atoms with Crippen molar-refractivity contribution in [1.29, 1.82) is 0 Å². The number of thiophene rings is 1. The normalized spacial score (nSPS) is 11.5. The maximum absolute atomic E-state index is 11.2. The minimum Gasteiger partial charge on any atom is -0.480 e. The number of carboxylic acids is 1. The lowest BCUT2D eigenvalue weighted by Gasteiger charge is -1.97. The van der Waals surface area contributed by atoms with Crippen molar-refractivity contribution in [3.05, 3.63) is 20.8 Å². The summed E-state index contributed by atoms with van der Waals surface area (Å²) in [6.07, 6.45) is 0. The van der Waals surface area contributed by atoms with E-state index in [4.69, 9.17) is 5.11 Å². The first-order chi connectivity index (χ1) is 6.39. The highest BCUT2D eigenvalue weighted by Crippen LogP contribution is 2.23. The summed E-state index contributed by atoms with van der Waals surface area (Å²) in [5.41, 5.74) is 0. The van der Waals surface area contributed by atoms with Gasteiger partial charge in [0.2, 0.25) is 0 Å². The van der Waals surface area contributed by atoms with Crippen molar-refractivity contribution in [2.45, 2.75) is 5.75 Å². The molecule has 0 spiro atoms. The van der Waals surface area contributed by atoms with Crippen molar-refractivity contribution in [3.8, 4) is 0 Å². The molecule has 4 nitrogen and oxygen atoms in total. The molecule has 14 heavy (non-hydrogen) atoms. The Morgan fingerprint density at radius 3 is 2.57 bits per heavy atom. The molecule has 0 bridgehead atoms. The summed E-state index contributed by atoms with van der Waals surface area (Å²) in [5, 5.41) is 8.35. The van der Waals surface area contributed by atoms with Crippen LogP contribution in [0.1, 0.15) is 4.88 Å². The summed E-state index contributed by atoms with van der Waals surface area (Å²) in [6.45, 7) is 0. The van der Waals surface area contributed by atoms with E-state index in [0.717, 1.165) is 3.79 Å². The lowest BCUT2D eigenvalue weighted by atomic mass is 10.5. The van der Waals surface area contributed by atoms with Gasteiger partial charge in [-0.2, -0.15) is 0 Å². The van der Waals surface area contributed by atoms with Crippen LogP contribution in [0.5, 0.6) is 0 Å². The van der Waals surface area contributed by atoms with Crippen molar-refractivity contribution < 1.29 is 18.3 Å². The maximum atomic E-state index is 11.2. The van der Waals surface area contributed by atoms with Gasteiger partial charge in [0.25, 0.3) is 0 Å². The van der Waals surface area contributed by atoms with E-state index in [-0.39, 0.29) is 5.75 Å². The van der Waals surface area contributed by atoms with Crippen molar-refractivity contribution >= 4 is 43.1 Å². The third kappa shape index (κ3) is 3.77. The van der Waals surface area contributed by atoms with Crippen LogP contribution in [0.25, 0.3) is 0 Å². The molecular formula is C7H7BrO4S2. The molecule has 0 saturated carbocycles. The van der Waals surface area contributed by atoms with Crippen LogP contribution < -0.4 is 0 Å². The molecule has 1 N–H and O–H groups in total. The summed E-state index contributed by atoms with van der Waals surface area (Å²) >= 11 is 4.48. The van der Waals surface area contributed by atoms with Gasteiger partial charge < -0.3 is 5.11 Å². The molecule has 0 aliphatic heterocycles. The lowest BCUT2D eigenvalue weighted by molar-refractivity contribution is -0.134. The van der Waals surface area contributed by atoms with Gasteiger partial charge in [-0.1, -0.05) is 0 Å². The average molecular weight is 299 g/mol. The van der Waals surface area contributed by atoms with Crippen LogP contribution in [0.3, 0.4) is 0 Å². The number of carboxylic acid groups (broad SMARTS) is 1. The zero-order valence-electron chi connectivity index (χ0n) is 6.94. The second kappa shape index (κ2) is 4.41. The van der Waals surface area contributed by atoms with Crippen LogP contribution in [-0.4, -0.2) is 25.2 Å². The molecule has 1 aromatic rings. The highest BCUT2D eigenvalue weighted by molar-refractivity contribution is 9.11. The molecule has 0 amide bonds. The number of aliphatic carboxylic acids is 1. The minimum atomic E-state index is -3.53. The molecule has 1 heterocycles. The Morgan fingerprint density at radius 1 is 1.50 bits per heavy atom. The zero-order chi connectivity index (χ0) is 10.8. The maximum Gasteiger partial charge on any atom is 0.318 e. The van der Waals surface area contributed by atoms with E-state index in [2.05, 4.69) is 15.9 Å². The van der Waals surface area contributed by atoms with Crippen LogP contribution in [0.2, 0.25) is 0 Å². The molecule has 1 rings (SSSR count). The van der Waals surface area contributed by atoms with Gasteiger partial charge >= 0.3 is 5.97 Å². The average Bonchev–Trinajstić information content (AvgIpc) is 2.30. The fourth-order valence-corrected chi connectivity index (χ4v) is 3.95. The summed E-state index contributed by atoms with van der Waals surface area (Å²) in [5.74, 6) is -2.35. The largest absolute Gasteiger partial charge is 0.480 e. The second-order valence-electron chi connectivity index (χ2n) is 2.63. The molecule has 0 saturated heterocycles. The van der Waals surface area contributed by atoms with Gasteiger partial charge in [-0.15, -0.1) is 11.3 Å². The summed E-state index contributed by atoms with van der Waals surface area (Å²) in [7, 11) is -3.53. The van der Waals surface area contributed by atoms with Gasteiger partial charge in [0.1, 0.15) is 5.75 Å². The lowest BCUT2D eigenvalue weighted by Crippen LogP contribution is -2.16. The number of sulfone groups is 1. The first-order valence-corrected chi connectivity index (χ1v) is 6.98. The Labute approximate surface area is 93.6 Å². The number of carbonyl (C=O) groups is 1. The summed E-state index contributed by atoms with van der Waals surface area (Å²) in [6, 6.07) is 3.39. The molecule has 0 atom stereocenters. The predicted octanol–water partition coefficient (Wildman–Crippen LogP) is 1.51. The van der Waals surface area contributed by atoms with Crippen molar-refractivity contribution in [1.82, 2.24) is 0 Å². The highest BCUT2D eigenvalue weighted by Gasteiger charge is 2.17. The number of rotatable bonds is 4. The van der Waals surface area contributed by atoms with Crippen LogP contribution >= 0.6 is 27.3 Å². The molecule has 0 aromatic carbocycles. The van der Waals surface area contributed by atoms with Gasteiger partial charge in [0.15, 0.2) is 9.84 Å². The minimum absolute atomic E-state index is 0.213. The van der Waals surface area contributed by atoms with Gasteiger partial charge in [-0.3, -0.25) is 4.79 Å². The second-order valence-corrected chi connectivity index (χ2v) is 7.24. The quantitative estimate of drug-likeness (QED) is 0.915. The van der Waals surface area contributed by atoms with Gasteiger partial charge in [0.05, 0.1) is 9.54 Å². The Balaban J connectivity index is 2.73. The van der Waals surface area contributed by atoms with Gasteiger partial charge in [-0.05, 0) is 28.1 Å². The Morgan fingerprint density at radius 2 is 2.14 bits per heavy atom. The van der Waals surface area contributed by atoms with Crippen LogP contribution in [-0.2, 0) is 20.4 Å². The molecular weight excluding hydrogens is 292 g/mol. The van der Waals surface area contributed by atoms with Crippen molar-refractivity contribution in [3.63, 3.8) is 0 Å². The Hall–Kier alpha value is -0.400. The fraction of sp³-hybridized carbons (Fsp3) is 0.286. The van der Waals surface area contributed by atoms with E-state index in [1.165, 1.54) is 11.3 Å². The van der Waals surface area contributed by atoms with Crippen molar-refractivity contribution in [2.24, 2.45) is 0 Å². The van der Waals surface area contributed by atoms with E-state index in [1.807, 2.05) is 0 Å². The number of halogens is 1.